The molecule has 0 fully saturated rings. The number of hydrogen-bond acceptors (Lipinski definition) is 4. The van der Waals surface area contributed by atoms with E-state index >= 15 is 0 Å². The fraction of sp³-hybridized carbons (Fsp3) is 0.176. The molecule has 1 aromatic heterocycles. The maximum atomic E-state index is 5.99. The van der Waals surface area contributed by atoms with Gasteiger partial charge in [-0.3, -0.25) is 0 Å². The van der Waals surface area contributed by atoms with Gasteiger partial charge >= 0.3 is 0 Å². The second kappa shape index (κ2) is 7.26. The van der Waals surface area contributed by atoms with Gasteiger partial charge < -0.3 is 5.73 Å². The van der Waals surface area contributed by atoms with Gasteiger partial charge in [-0.1, -0.05) is 43.3 Å². The first-order valence-electron chi connectivity index (χ1n) is 7.05. The number of nitrogens with two attached hydrogens (primary N) is 1. The molecule has 0 atom stereocenters. The topological polar surface area (TPSA) is 76.5 Å². The standard InChI is InChI=1S/C17H19N5/c1-4-13(3)15(17-19-10-5-11-20-17)21-22-16(18)14-8-6-12(2)7-9-14/h5-11H,3-4H2,1-2H3,(H2,18,22)/b21-15+. The Morgan fingerprint density at radius 3 is 2.36 bits per heavy atom. The predicted octanol–water partition coefficient (Wildman–Crippen LogP) is 2.86. The van der Waals surface area contributed by atoms with Gasteiger partial charge in [-0.25, -0.2) is 9.97 Å². The summed E-state index contributed by atoms with van der Waals surface area (Å²) < 4.78 is 0. The van der Waals surface area contributed by atoms with Crippen LogP contribution < -0.4 is 5.73 Å². The number of hydrogen-bond donors (Lipinski definition) is 1. The largest absolute Gasteiger partial charge is 0.382 e. The van der Waals surface area contributed by atoms with Gasteiger partial charge in [-0.15, -0.1) is 10.2 Å². The molecule has 2 rings (SSSR count). The summed E-state index contributed by atoms with van der Waals surface area (Å²) in [5.74, 6) is 0.840. The predicted molar refractivity (Wildman–Crippen MR) is 89.9 cm³/mol. The molecular weight excluding hydrogens is 274 g/mol. The van der Waals surface area contributed by atoms with Crippen molar-refractivity contribution in [2.24, 2.45) is 15.9 Å². The Morgan fingerprint density at radius 1 is 1.14 bits per heavy atom. The van der Waals surface area contributed by atoms with Gasteiger partial charge in [0.05, 0.1) is 0 Å². The van der Waals surface area contributed by atoms with Crippen LogP contribution in [0.4, 0.5) is 0 Å². The van der Waals surface area contributed by atoms with Crippen molar-refractivity contribution >= 4 is 11.5 Å². The third-order valence-corrected chi connectivity index (χ3v) is 3.14. The molecule has 0 spiro atoms. The number of aromatic nitrogens is 2. The van der Waals surface area contributed by atoms with E-state index in [1.165, 1.54) is 0 Å². The molecule has 0 radical (unpaired) electrons. The molecule has 5 nitrogen and oxygen atoms in total. The highest BCUT2D eigenvalue weighted by atomic mass is 15.2. The van der Waals surface area contributed by atoms with Crippen molar-refractivity contribution in [3.63, 3.8) is 0 Å². The van der Waals surface area contributed by atoms with E-state index in [2.05, 4.69) is 26.7 Å². The molecular formula is C17H19N5. The summed E-state index contributed by atoms with van der Waals surface area (Å²) in [6.45, 7) is 8.00. The van der Waals surface area contributed by atoms with E-state index in [0.29, 0.717) is 17.4 Å². The van der Waals surface area contributed by atoms with Crippen LogP contribution in [-0.4, -0.2) is 21.5 Å². The van der Waals surface area contributed by atoms with Crippen LogP contribution in [0, 0.1) is 6.92 Å². The Labute approximate surface area is 130 Å². The highest BCUT2D eigenvalue weighted by Gasteiger charge is 2.09. The van der Waals surface area contributed by atoms with Crippen molar-refractivity contribution in [1.82, 2.24) is 9.97 Å². The monoisotopic (exact) mass is 293 g/mol. The maximum absolute atomic E-state index is 5.99. The van der Waals surface area contributed by atoms with Gasteiger partial charge in [0.2, 0.25) is 0 Å². The molecule has 0 saturated heterocycles. The normalized spacial score (nSPS) is 12.3. The third kappa shape index (κ3) is 3.85. The summed E-state index contributed by atoms with van der Waals surface area (Å²) in [6, 6.07) is 9.54. The Kier molecular flexibility index (Phi) is 5.14. The summed E-state index contributed by atoms with van der Waals surface area (Å²) in [7, 11) is 0. The number of aryl methyl sites for hydroxylation is 1. The van der Waals surface area contributed by atoms with Crippen molar-refractivity contribution in [1.29, 1.82) is 0 Å². The number of amidine groups is 1. The molecule has 2 N–H and O–H groups in total. The van der Waals surface area contributed by atoms with Crippen LogP contribution in [0.5, 0.6) is 0 Å². The number of nitrogens with zero attached hydrogens (tertiary/aromatic N) is 4. The van der Waals surface area contributed by atoms with Crippen molar-refractivity contribution < 1.29 is 0 Å². The SMILES string of the molecule is C=C(CC)/C(=N\N=C(/N)c1ccc(C)cc1)c1ncccn1. The molecule has 1 aromatic carbocycles. The average Bonchev–Trinajstić information content (AvgIpc) is 2.56. The summed E-state index contributed by atoms with van der Waals surface area (Å²) in [5.41, 5.74) is 9.34. The van der Waals surface area contributed by atoms with E-state index in [0.717, 1.165) is 23.1 Å². The van der Waals surface area contributed by atoms with Gasteiger partial charge in [-0.05, 0) is 25.0 Å². The first kappa shape index (κ1) is 15.6. The molecule has 5 heteroatoms. The maximum Gasteiger partial charge on any atom is 0.180 e. The van der Waals surface area contributed by atoms with Gasteiger partial charge in [-0.2, -0.15) is 0 Å². The molecule has 2 aromatic rings. The lowest BCUT2D eigenvalue weighted by Crippen LogP contribution is -2.14. The fourth-order valence-electron chi connectivity index (χ4n) is 1.75. The lowest BCUT2D eigenvalue weighted by Gasteiger charge is -2.05. The van der Waals surface area contributed by atoms with Crippen molar-refractivity contribution in [2.75, 3.05) is 0 Å². The molecule has 0 bridgehead atoms. The molecule has 112 valence electrons. The van der Waals surface area contributed by atoms with E-state index in [1.54, 1.807) is 18.5 Å². The zero-order valence-electron chi connectivity index (χ0n) is 12.8. The molecule has 0 saturated carbocycles. The van der Waals surface area contributed by atoms with E-state index in [1.807, 2.05) is 38.1 Å². The fourth-order valence-corrected chi connectivity index (χ4v) is 1.75. The lowest BCUT2D eigenvalue weighted by atomic mass is 10.1. The zero-order valence-corrected chi connectivity index (χ0v) is 12.8. The van der Waals surface area contributed by atoms with Crippen LogP contribution in [0.3, 0.4) is 0 Å². The molecule has 1 heterocycles. The van der Waals surface area contributed by atoms with Crippen LogP contribution >= 0.6 is 0 Å². The Hall–Kier alpha value is -2.82. The summed E-state index contributed by atoms with van der Waals surface area (Å²) in [4.78, 5) is 8.40. The Morgan fingerprint density at radius 2 is 1.77 bits per heavy atom. The van der Waals surface area contributed by atoms with E-state index in [9.17, 15) is 0 Å². The van der Waals surface area contributed by atoms with E-state index in [-0.39, 0.29) is 0 Å². The van der Waals surface area contributed by atoms with E-state index < -0.39 is 0 Å². The Bertz CT molecular complexity index is 700. The first-order valence-corrected chi connectivity index (χ1v) is 7.05. The molecule has 0 aliphatic heterocycles. The van der Waals surface area contributed by atoms with Crippen LogP contribution in [0.25, 0.3) is 0 Å². The second-order valence-electron chi connectivity index (χ2n) is 4.83. The van der Waals surface area contributed by atoms with Gasteiger partial charge in [0.25, 0.3) is 0 Å². The molecule has 0 aliphatic rings. The van der Waals surface area contributed by atoms with Crippen LogP contribution in [-0.2, 0) is 0 Å². The minimum atomic E-state index is 0.345. The minimum Gasteiger partial charge on any atom is -0.382 e. The van der Waals surface area contributed by atoms with E-state index in [4.69, 9.17) is 5.73 Å². The van der Waals surface area contributed by atoms with Crippen molar-refractivity contribution in [3.8, 4) is 0 Å². The van der Waals surface area contributed by atoms with Gasteiger partial charge in [0, 0.05) is 18.0 Å². The van der Waals surface area contributed by atoms with Crippen molar-refractivity contribution in [2.45, 2.75) is 20.3 Å². The van der Waals surface area contributed by atoms with Crippen molar-refractivity contribution in [3.05, 3.63) is 71.8 Å². The molecule has 0 unspecified atom stereocenters. The highest BCUT2D eigenvalue weighted by Crippen LogP contribution is 2.08. The quantitative estimate of drug-likeness (QED) is 0.523. The summed E-state index contributed by atoms with van der Waals surface area (Å²) in [5, 5.41) is 8.33. The lowest BCUT2D eigenvalue weighted by molar-refractivity contribution is 1.08. The van der Waals surface area contributed by atoms with Crippen LogP contribution in [0.15, 0.2) is 65.1 Å². The number of benzene rings is 1. The molecule has 22 heavy (non-hydrogen) atoms. The zero-order chi connectivity index (χ0) is 15.9. The summed E-state index contributed by atoms with van der Waals surface area (Å²) >= 11 is 0. The first-order chi connectivity index (χ1) is 10.6. The Balaban J connectivity index is 2.35. The summed E-state index contributed by atoms with van der Waals surface area (Å²) in [6.07, 6.45) is 4.05. The minimum absolute atomic E-state index is 0.345. The van der Waals surface area contributed by atoms with Crippen LogP contribution in [0.1, 0.15) is 30.3 Å². The third-order valence-electron chi connectivity index (χ3n) is 3.14. The average molecular weight is 293 g/mol. The van der Waals surface area contributed by atoms with Gasteiger partial charge in [0.1, 0.15) is 5.71 Å². The van der Waals surface area contributed by atoms with Crippen LogP contribution in [0.2, 0.25) is 0 Å². The molecule has 0 aliphatic carbocycles. The number of allylic oxidation sites excluding steroid dienone is 1. The smallest absolute Gasteiger partial charge is 0.180 e. The molecule has 0 amide bonds. The number of rotatable bonds is 5. The highest BCUT2D eigenvalue weighted by molar-refractivity contribution is 6.10. The second-order valence-corrected chi connectivity index (χ2v) is 4.83. The van der Waals surface area contributed by atoms with Gasteiger partial charge in [0.15, 0.2) is 11.7 Å².